The number of ether oxygens (including phenoxy) is 2. The van der Waals surface area contributed by atoms with Gasteiger partial charge in [-0.15, -0.1) is 11.3 Å². The number of rotatable bonds is 4. The molecule has 0 fully saturated rings. The van der Waals surface area contributed by atoms with Gasteiger partial charge in [0.2, 0.25) is 5.79 Å². The van der Waals surface area contributed by atoms with Crippen molar-refractivity contribution in [2.24, 2.45) is 0 Å². The van der Waals surface area contributed by atoms with Crippen molar-refractivity contribution in [3.63, 3.8) is 0 Å². The Morgan fingerprint density at radius 2 is 1.96 bits per heavy atom. The predicted molar refractivity (Wildman–Crippen MR) is 96.5 cm³/mol. The Hall–Kier alpha value is -2.05. The average molecular weight is 357 g/mol. The summed E-state index contributed by atoms with van der Waals surface area (Å²) in [6, 6.07) is 13.3. The number of carbonyl (C=O) groups excluding carboxylic acids is 1. The van der Waals surface area contributed by atoms with Crippen LogP contribution in [0.15, 0.2) is 46.8 Å². The van der Waals surface area contributed by atoms with Gasteiger partial charge in [-0.1, -0.05) is 23.9 Å². The summed E-state index contributed by atoms with van der Waals surface area (Å²) in [7, 11) is 0. The highest BCUT2D eigenvalue weighted by Crippen LogP contribution is 2.40. The van der Waals surface area contributed by atoms with Crippen molar-refractivity contribution >= 4 is 39.1 Å². The van der Waals surface area contributed by atoms with Gasteiger partial charge in [0.15, 0.2) is 21.6 Å². The van der Waals surface area contributed by atoms with E-state index in [9.17, 15) is 4.79 Å². The molecule has 0 atom stereocenters. The Balaban J connectivity index is 1.47. The molecule has 0 radical (unpaired) electrons. The van der Waals surface area contributed by atoms with Gasteiger partial charge in [0.05, 0.1) is 16.0 Å². The zero-order valence-corrected chi connectivity index (χ0v) is 14.9. The van der Waals surface area contributed by atoms with Crippen LogP contribution in [0, 0.1) is 0 Å². The third kappa shape index (κ3) is 2.99. The summed E-state index contributed by atoms with van der Waals surface area (Å²) in [6.07, 6.45) is 0. The molecule has 2 heterocycles. The summed E-state index contributed by atoms with van der Waals surface area (Å²) < 4.78 is 13.4. The number of thioether (sulfide) groups is 1. The second kappa shape index (κ2) is 5.79. The van der Waals surface area contributed by atoms with E-state index in [1.807, 2.05) is 38.1 Å². The number of thiazole rings is 1. The molecule has 4 rings (SSSR count). The average Bonchev–Trinajstić information content (AvgIpc) is 3.09. The fourth-order valence-electron chi connectivity index (χ4n) is 2.52. The minimum absolute atomic E-state index is 0.0513. The molecule has 1 aromatic heterocycles. The second-order valence-corrected chi connectivity index (χ2v) is 8.18. The fraction of sp³-hybridized carbons (Fsp3) is 0.222. The highest BCUT2D eigenvalue weighted by Gasteiger charge is 2.32. The largest absolute Gasteiger partial charge is 0.449 e. The van der Waals surface area contributed by atoms with Gasteiger partial charge in [-0.3, -0.25) is 4.79 Å². The van der Waals surface area contributed by atoms with Crippen molar-refractivity contribution < 1.29 is 14.3 Å². The molecule has 1 aliphatic heterocycles. The van der Waals surface area contributed by atoms with Crippen LogP contribution < -0.4 is 9.47 Å². The molecule has 2 aromatic carbocycles. The van der Waals surface area contributed by atoms with Crippen LogP contribution in [0.3, 0.4) is 0 Å². The lowest BCUT2D eigenvalue weighted by molar-refractivity contribution is -0.0431. The number of para-hydroxylation sites is 1. The molecular formula is C18H15NO3S2. The minimum atomic E-state index is -0.681. The quantitative estimate of drug-likeness (QED) is 0.497. The Morgan fingerprint density at radius 1 is 1.17 bits per heavy atom. The number of nitrogens with zero attached hydrogens (tertiary/aromatic N) is 1. The molecule has 0 bridgehead atoms. The Bertz CT molecular complexity index is 900. The second-order valence-electron chi connectivity index (χ2n) is 5.92. The van der Waals surface area contributed by atoms with Crippen LogP contribution in [0.1, 0.15) is 24.2 Å². The van der Waals surface area contributed by atoms with Crippen molar-refractivity contribution in [1.29, 1.82) is 0 Å². The van der Waals surface area contributed by atoms with Crippen LogP contribution in [0.5, 0.6) is 11.5 Å². The lowest BCUT2D eigenvalue weighted by Gasteiger charge is -2.16. The van der Waals surface area contributed by atoms with Crippen LogP contribution in [0.4, 0.5) is 0 Å². The first-order valence-corrected chi connectivity index (χ1v) is 9.34. The summed E-state index contributed by atoms with van der Waals surface area (Å²) >= 11 is 3.08. The van der Waals surface area contributed by atoms with E-state index >= 15 is 0 Å². The standard InChI is InChI=1S/C18H15NO3S2/c1-18(2)21-14-8-7-11(9-15(14)22-18)13(20)10-23-17-19-12-5-3-4-6-16(12)24-17/h3-9H,10H2,1-2H3. The molecule has 122 valence electrons. The zero-order chi connectivity index (χ0) is 16.7. The van der Waals surface area contributed by atoms with Crippen LogP contribution in [-0.2, 0) is 0 Å². The number of hydrogen-bond acceptors (Lipinski definition) is 6. The van der Waals surface area contributed by atoms with Crippen LogP contribution >= 0.6 is 23.1 Å². The number of carbonyl (C=O) groups is 1. The van der Waals surface area contributed by atoms with Crippen LogP contribution in [-0.4, -0.2) is 22.3 Å². The van der Waals surface area contributed by atoms with Gasteiger partial charge in [0, 0.05) is 19.4 Å². The van der Waals surface area contributed by atoms with Gasteiger partial charge in [-0.05, 0) is 30.3 Å². The monoisotopic (exact) mass is 357 g/mol. The maximum Gasteiger partial charge on any atom is 0.246 e. The number of benzene rings is 2. The maximum atomic E-state index is 12.5. The molecular weight excluding hydrogens is 342 g/mol. The molecule has 0 N–H and O–H groups in total. The van der Waals surface area contributed by atoms with Crippen LogP contribution in [0.25, 0.3) is 10.2 Å². The smallest absolute Gasteiger partial charge is 0.246 e. The molecule has 3 aromatic rings. The van der Waals surface area contributed by atoms with E-state index in [2.05, 4.69) is 4.98 Å². The first-order chi connectivity index (χ1) is 11.5. The Morgan fingerprint density at radius 3 is 2.79 bits per heavy atom. The van der Waals surface area contributed by atoms with Crippen molar-refractivity contribution in [1.82, 2.24) is 4.98 Å². The van der Waals surface area contributed by atoms with Gasteiger partial charge >= 0.3 is 0 Å². The Kier molecular flexibility index (Phi) is 3.73. The topological polar surface area (TPSA) is 48.4 Å². The highest BCUT2D eigenvalue weighted by atomic mass is 32.2. The van der Waals surface area contributed by atoms with Crippen molar-refractivity contribution in [3.8, 4) is 11.5 Å². The van der Waals surface area contributed by atoms with Crippen LogP contribution in [0.2, 0.25) is 0 Å². The molecule has 0 spiro atoms. The highest BCUT2D eigenvalue weighted by molar-refractivity contribution is 8.01. The number of Topliss-reactive ketones (excluding diaryl/α,β-unsaturated/α-hetero) is 1. The number of fused-ring (bicyclic) bond motifs is 2. The molecule has 0 unspecified atom stereocenters. The van der Waals surface area contributed by atoms with Crippen molar-refractivity contribution in [3.05, 3.63) is 48.0 Å². The van der Waals surface area contributed by atoms with E-state index in [1.54, 1.807) is 29.5 Å². The lowest BCUT2D eigenvalue weighted by Crippen LogP contribution is -2.29. The molecule has 0 saturated heterocycles. The molecule has 24 heavy (non-hydrogen) atoms. The molecule has 0 saturated carbocycles. The Labute approximate surface area is 147 Å². The van der Waals surface area contributed by atoms with Gasteiger partial charge in [0.1, 0.15) is 0 Å². The fourth-order valence-corrected chi connectivity index (χ4v) is 4.48. The van der Waals surface area contributed by atoms with Gasteiger partial charge in [0.25, 0.3) is 0 Å². The molecule has 1 aliphatic rings. The third-order valence-electron chi connectivity index (χ3n) is 3.58. The molecule has 0 aliphatic carbocycles. The van der Waals surface area contributed by atoms with E-state index in [4.69, 9.17) is 9.47 Å². The number of hydrogen-bond donors (Lipinski definition) is 0. The van der Waals surface area contributed by atoms with Crippen molar-refractivity contribution in [2.45, 2.75) is 24.0 Å². The SMILES string of the molecule is CC1(C)Oc2ccc(C(=O)CSc3nc4ccccc4s3)cc2O1. The molecule has 4 nitrogen and oxygen atoms in total. The first kappa shape index (κ1) is 15.5. The number of aromatic nitrogens is 1. The summed E-state index contributed by atoms with van der Waals surface area (Å²) in [5.41, 5.74) is 1.60. The first-order valence-electron chi connectivity index (χ1n) is 7.54. The van der Waals surface area contributed by atoms with E-state index in [-0.39, 0.29) is 5.78 Å². The van der Waals surface area contributed by atoms with E-state index < -0.39 is 5.79 Å². The van der Waals surface area contributed by atoms with Crippen molar-refractivity contribution in [2.75, 3.05) is 5.75 Å². The zero-order valence-electron chi connectivity index (χ0n) is 13.2. The van der Waals surface area contributed by atoms with E-state index in [1.165, 1.54) is 11.8 Å². The molecule has 0 amide bonds. The van der Waals surface area contributed by atoms with E-state index in [0.717, 1.165) is 14.6 Å². The summed E-state index contributed by atoms with van der Waals surface area (Å²) in [5, 5.41) is 0. The lowest BCUT2D eigenvalue weighted by atomic mass is 10.1. The van der Waals surface area contributed by atoms with Gasteiger partial charge < -0.3 is 9.47 Å². The molecule has 6 heteroatoms. The van der Waals surface area contributed by atoms with E-state index in [0.29, 0.717) is 22.8 Å². The number of ketones is 1. The van der Waals surface area contributed by atoms with Gasteiger partial charge in [-0.25, -0.2) is 4.98 Å². The normalized spacial score (nSPS) is 14.9. The summed E-state index contributed by atoms with van der Waals surface area (Å²) in [4.78, 5) is 17.0. The van der Waals surface area contributed by atoms with Gasteiger partial charge in [-0.2, -0.15) is 0 Å². The summed E-state index contributed by atoms with van der Waals surface area (Å²) in [6.45, 7) is 3.69. The predicted octanol–water partition coefficient (Wildman–Crippen LogP) is 4.78. The minimum Gasteiger partial charge on any atom is -0.449 e. The third-order valence-corrected chi connectivity index (χ3v) is 5.76. The maximum absolute atomic E-state index is 12.5. The summed E-state index contributed by atoms with van der Waals surface area (Å²) in [5.74, 6) is 1.02.